The van der Waals surface area contributed by atoms with Crippen molar-refractivity contribution in [2.24, 2.45) is 5.73 Å². The van der Waals surface area contributed by atoms with E-state index in [1.54, 1.807) is 12.1 Å². The Kier molecular flexibility index (Phi) is 4.93. The van der Waals surface area contributed by atoms with E-state index < -0.39 is 6.10 Å². The summed E-state index contributed by atoms with van der Waals surface area (Å²) >= 11 is 0. The molecule has 1 saturated heterocycles. The number of benzene rings is 1. The van der Waals surface area contributed by atoms with Crippen LogP contribution in [-0.2, 0) is 14.3 Å². The molecule has 0 aliphatic carbocycles. The van der Waals surface area contributed by atoms with Crippen LogP contribution in [0, 0.1) is 11.8 Å². The summed E-state index contributed by atoms with van der Waals surface area (Å²) in [5, 5.41) is 2.78. The molecule has 1 atom stereocenters. The largest absolute Gasteiger partial charge is 0.376 e. The van der Waals surface area contributed by atoms with Crippen LogP contribution in [0.3, 0.4) is 0 Å². The average molecular weight is 260 g/mol. The molecule has 5 nitrogen and oxygen atoms in total. The topological polar surface area (TPSA) is 73.6 Å². The van der Waals surface area contributed by atoms with Gasteiger partial charge in [0.05, 0.1) is 26.4 Å². The van der Waals surface area contributed by atoms with Gasteiger partial charge in [0.1, 0.15) is 0 Å². The fourth-order valence-electron chi connectivity index (χ4n) is 1.65. The lowest BCUT2D eigenvalue weighted by Gasteiger charge is -2.22. The van der Waals surface area contributed by atoms with Gasteiger partial charge in [0, 0.05) is 11.3 Å². The summed E-state index contributed by atoms with van der Waals surface area (Å²) in [6, 6.07) is 7.25. The molecule has 1 aromatic carbocycles. The lowest BCUT2D eigenvalue weighted by molar-refractivity contribution is -0.142. The van der Waals surface area contributed by atoms with Gasteiger partial charge < -0.3 is 20.5 Å². The fraction of sp³-hybridized carbons (Fsp3) is 0.357. The van der Waals surface area contributed by atoms with Crippen LogP contribution in [0.5, 0.6) is 0 Å². The Morgan fingerprint density at radius 3 is 2.79 bits per heavy atom. The molecule has 1 aliphatic heterocycles. The van der Waals surface area contributed by atoms with Crippen LogP contribution in [0.2, 0.25) is 0 Å². The van der Waals surface area contributed by atoms with Gasteiger partial charge >= 0.3 is 0 Å². The van der Waals surface area contributed by atoms with Gasteiger partial charge in [0.2, 0.25) is 0 Å². The summed E-state index contributed by atoms with van der Waals surface area (Å²) in [5.74, 6) is 5.49. The van der Waals surface area contributed by atoms with Crippen molar-refractivity contribution >= 4 is 11.6 Å². The van der Waals surface area contributed by atoms with Crippen LogP contribution in [0.4, 0.5) is 5.69 Å². The van der Waals surface area contributed by atoms with E-state index in [9.17, 15) is 4.79 Å². The van der Waals surface area contributed by atoms with Crippen LogP contribution in [0.25, 0.3) is 0 Å². The van der Waals surface area contributed by atoms with Crippen molar-refractivity contribution in [3.8, 4) is 11.8 Å². The second-order valence-corrected chi connectivity index (χ2v) is 4.01. The maximum absolute atomic E-state index is 11.9. The van der Waals surface area contributed by atoms with Crippen LogP contribution in [0.15, 0.2) is 24.3 Å². The molecule has 19 heavy (non-hydrogen) atoms. The maximum Gasteiger partial charge on any atom is 0.255 e. The Hall–Kier alpha value is -1.87. The van der Waals surface area contributed by atoms with Gasteiger partial charge in [-0.1, -0.05) is 11.8 Å². The van der Waals surface area contributed by atoms with E-state index in [1.165, 1.54) is 0 Å². The zero-order valence-electron chi connectivity index (χ0n) is 10.5. The van der Waals surface area contributed by atoms with Gasteiger partial charge in [-0.15, -0.1) is 0 Å². The second-order valence-electron chi connectivity index (χ2n) is 4.01. The van der Waals surface area contributed by atoms with Gasteiger partial charge in [-0.25, -0.2) is 0 Å². The molecule has 0 saturated carbocycles. The minimum Gasteiger partial charge on any atom is -0.376 e. The molecule has 1 unspecified atom stereocenters. The molecule has 0 bridgehead atoms. The highest BCUT2D eigenvalue weighted by Crippen LogP contribution is 2.11. The van der Waals surface area contributed by atoms with E-state index in [-0.39, 0.29) is 5.91 Å². The summed E-state index contributed by atoms with van der Waals surface area (Å²) in [7, 11) is 0. The summed E-state index contributed by atoms with van der Waals surface area (Å²) in [6.07, 6.45) is -0.537. The van der Waals surface area contributed by atoms with E-state index in [2.05, 4.69) is 17.2 Å². The molecule has 1 aliphatic rings. The first-order valence-corrected chi connectivity index (χ1v) is 6.09. The van der Waals surface area contributed by atoms with E-state index in [0.29, 0.717) is 32.1 Å². The quantitative estimate of drug-likeness (QED) is 0.753. The van der Waals surface area contributed by atoms with Gasteiger partial charge in [-0.3, -0.25) is 4.79 Å². The molecule has 3 N–H and O–H groups in total. The molecule has 1 amide bonds. The number of ether oxygens (including phenoxy) is 2. The predicted molar refractivity (Wildman–Crippen MR) is 71.6 cm³/mol. The Morgan fingerprint density at radius 2 is 2.16 bits per heavy atom. The van der Waals surface area contributed by atoms with Crippen LogP contribution in [0.1, 0.15) is 5.56 Å². The molecular formula is C14H16N2O3. The maximum atomic E-state index is 11.9. The highest BCUT2D eigenvalue weighted by molar-refractivity contribution is 5.94. The molecule has 1 heterocycles. The third-order valence-electron chi connectivity index (χ3n) is 2.60. The normalized spacial score (nSPS) is 18.3. The number of carbonyl (C=O) groups excluding carboxylic acids is 1. The number of nitrogens with one attached hydrogen (secondary N) is 1. The Labute approximate surface area is 112 Å². The third kappa shape index (κ3) is 4.07. The number of hydrogen-bond donors (Lipinski definition) is 2. The molecule has 0 spiro atoms. The first kappa shape index (κ1) is 13.6. The van der Waals surface area contributed by atoms with E-state index in [0.717, 1.165) is 5.56 Å². The standard InChI is InChI=1S/C14H16N2O3/c15-7-1-2-11-3-5-12(6-4-11)16-14(17)13-10-18-8-9-19-13/h3-6,13H,7-10,15H2,(H,16,17). The van der Waals surface area contributed by atoms with Crippen LogP contribution >= 0.6 is 0 Å². The number of hydrogen-bond acceptors (Lipinski definition) is 4. The first-order chi connectivity index (χ1) is 9.29. The number of nitrogens with two attached hydrogens (primary N) is 1. The van der Waals surface area contributed by atoms with E-state index in [1.807, 2.05) is 12.1 Å². The zero-order valence-corrected chi connectivity index (χ0v) is 10.5. The molecule has 0 radical (unpaired) electrons. The summed E-state index contributed by atoms with van der Waals surface area (Å²) in [5.41, 5.74) is 6.87. The fourth-order valence-corrected chi connectivity index (χ4v) is 1.65. The van der Waals surface area contributed by atoms with Crippen LogP contribution in [-0.4, -0.2) is 38.4 Å². The van der Waals surface area contributed by atoms with Crippen molar-refractivity contribution in [2.75, 3.05) is 31.7 Å². The Morgan fingerprint density at radius 1 is 1.37 bits per heavy atom. The molecule has 0 aromatic heterocycles. The lowest BCUT2D eigenvalue weighted by Crippen LogP contribution is -2.39. The van der Waals surface area contributed by atoms with Crippen molar-refractivity contribution in [1.82, 2.24) is 0 Å². The smallest absolute Gasteiger partial charge is 0.255 e. The van der Waals surface area contributed by atoms with Gasteiger partial charge in [-0.05, 0) is 24.3 Å². The summed E-state index contributed by atoms with van der Waals surface area (Å²) in [4.78, 5) is 11.9. The number of anilines is 1. The predicted octanol–water partition coefficient (Wildman–Crippen LogP) is 0.351. The summed E-state index contributed by atoms with van der Waals surface area (Å²) in [6.45, 7) is 1.62. The number of carbonyl (C=O) groups is 1. The third-order valence-corrected chi connectivity index (χ3v) is 2.60. The SMILES string of the molecule is NCC#Cc1ccc(NC(=O)C2COCCO2)cc1. The summed E-state index contributed by atoms with van der Waals surface area (Å²) < 4.78 is 10.5. The molecule has 1 aromatic rings. The van der Waals surface area contributed by atoms with Crippen molar-refractivity contribution < 1.29 is 14.3 Å². The van der Waals surface area contributed by atoms with Crippen molar-refractivity contribution in [3.05, 3.63) is 29.8 Å². The molecule has 2 rings (SSSR count). The van der Waals surface area contributed by atoms with Crippen LogP contribution < -0.4 is 11.1 Å². The molecular weight excluding hydrogens is 244 g/mol. The Balaban J connectivity index is 1.93. The first-order valence-electron chi connectivity index (χ1n) is 6.09. The van der Waals surface area contributed by atoms with Crippen molar-refractivity contribution in [1.29, 1.82) is 0 Å². The van der Waals surface area contributed by atoms with Gasteiger partial charge in [-0.2, -0.15) is 0 Å². The minimum absolute atomic E-state index is 0.194. The molecule has 1 fully saturated rings. The minimum atomic E-state index is -0.537. The highest BCUT2D eigenvalue weighted by atomic mass is 16.6. The van der Waals surface area contributed by atoms with E-state index in [4.69, 9.17) is 15.2 Å². The van der Waals surface area contributed by atoms with E-state index >= 15 is 0 Å². The van der Waals surface area contributed by atoms with Gasteiger partial charge in [0.25, 0.3) is 5.91 Å². The average Bonchev–Trinajstić information content (AvgIpc) is 2.47. The second kappa shape index (κ2) is 6.90. The lowest BCUT2D eigenvalue weighted by atomic mass is 10.2. The number of rotatable bonds is 2. The molecule has 5 heteroatoms. The number of amides is 1. The van der Waals surface area contributed by atoms with Gasteiger partial charge in [0.15, 0.2) is 6.10 Å². The van der Waals surface area contributed by atoms with Crippen molar-refractivity contribution in [2.45, 2.75) is 6.10 Å². The zero-order chi connectivity index (χ0) is 13.5. The Bertz CT molecular complexity index is 482. The highest BCUT2D eigenvalue weighted by Gasteiger charge is 2.22. The monoisotopic (exact) mass is 260 g/mol. The van der Waals surface area contributed by atoms with Crippen molar-refractivity contribution in [3.63, 3.8) is 0 Å². The molecule has 100 valence electrons.